The second-order valence-corrected chi connectivity index (χ2v) is 6.41. The summed E-state index contributed by atoms with van der Waals surface area (Å²) in [5.41, 5.74) is -0.540. The van der Waals surface area contributed by atoms with Crippen LogP contribution in [0.2, 0.25) is 0 Å². The third-order valence-electron chi connectivity index (χ3n) is 4.91. The van der Waals surface area contributed by atoms with Gasteiger partial charge in [0, 0.05) is 19.6 Å². The Morgan fingerprint density at radius 3 is 2.27 bits per heavy atom. The number of carbonyl (C=O) groups is 2. The van der Waals surface area contributed by atoms with Gasteiger partial charge < -0.3 is 10.0 Å². The Bertz CT molecular complexity index is 719. The lowest BCUT2D eigenvalue weighted by atomic mass is 9.96. The fourth-order valence-corrected chi connectivity index (χ4v) is 3.64. The Morgan fingerprint density at radius 2 is 1.77 bits per heavy atom. The molecule has 1 unspecified atom stereocenters. The number of benzene rings is 1. The first-order valence-corrected chi connectivity index (χ1v) is 7.90. The molecule has 2 aliphatic heterocycles. The number of aliphatic carboxylic acids is 1. The quantitative estimate of drug-likeness (QED) is 0.820. The number of alkyl halides is 3. The molecule has 2 fully saturated rings. The van der Waals surface area contributed by atoms with E-state index in [1.54, 1.807) is 0 Å². The molecule has 3 rings (SSSR count). The lowest BCUT2D eigenvalue weighted by Crippen LogP contribution is -2.42. The zero-order chi connectivity index (χ0) is 19.2. The highest BCUT2D eigenvalue weighted by Gasteiger charge is 2.55. The molecule has 1 N–H and O–H groups in total. The third kappa shape index (κ3) is 3.13. The first-order valence-electron chi connectivity index (χ1n) is 7.90. The van der Waals surface area contributed by atoms with Crippen LogP contribution in [-0.4, -0.2) is 53.7 Å². The molecule has 2 saturated heterocycles. The van der Waals surface area contributed by atoms with Crippen LogP contribution in [0.4, 0.5) is 27.6 Å². The molecule has 3 atom stereocenters. The number of carboxylic acids is 1. The van der Waals surface area contributed by atoms with E-state index < -0.39 is 66.3 Å². The van der Waals surface area contributed by atoms with Crippen molar-refractivity contribution in [3.05, 3.63) is 29.8 Å². The predicted molar refractivity (Wildman–Crippen MR) is 79.4 cm³/mol. The summed E-state index contributed by atoms with van der Waals surface area (Å²) in [7, 11) is 0. The van der Waals surface area contributed by atoms with E-state index in [1.165, 1.54) is 0 Å². The SMILES string of the molecule is O=C(O)[C@@H]1CN(C2CCN(c3c(F)cccc3F)C2=O)C[C@H]1C(F)(F)F. The van der Waals surface area contributed by atoms with Crippen LogP contribution >= 0.6 is 0 Å². The van der Waals surface area contributed by atoms with E-state index in [-0.39, 0.29) is 13.0 Å². The maximum Gasteiger partial charge on any atom is 0.393 e. The third-order valence-corrected chi connectivity index (χ3v) is 4.91. The van der Waals surface area contributed by atoms with Crippen molar-refractivity contribution in [2.24, 2.45) is 11.8 Å². The number of para-hydroxylation sites is 1. The fourth-order valence-electron chi connectivity index (χ4n) is 3.64. The highest BCUT2D eigenvalue weighted by molar-refractivity contribution is 5.99. The molecule has 26 heavy (non-hydrogen) atoms. The lowest BCUT2D eigenvalue weighted by Gasteiger charge is -2.24. The molecule has 1 amide bonds. The van der Waals surface area contributed by atoms with Gasteiger partial charge in [-0.1, -0.05) is 6.07 Å². The van der Waals surface area contributed by atoms with Crippen LogP contribution in [0.1, 0.15) is 6.42 Å². The van der Waals surface area contributed by atoms with Gasteiger partial charge in [0.1, 0.15) is 17.3 Å². The number of carboxylic acid groups (broad SMARTS) is 1. The van der Waals surface area contributed by atoms with Gasteiger partial charge in [0.05, 0.1) is 17.9 Å². The molecular weight excluding hydrogens is 363 g/mol. The predicted octanol–water partition coefficient (Wildman–Crippen LogP) is 2.27. The fraction of sp³-hybridized carbons (Fsp3) is 0.500. The molecule has 2 heterocycles. The van der Waals surface area contributed by atoms with Crippen molar-refractivity contribution < 1.29 is 36.6 Å². The van der Waals surface area contributed by atoms with Crippen LogP contribution in [-0.2, 0) is 9.59 Å². The van der Waals surface area contributed by atoms with Crippen molar-refractivity contribution in [3.63, 3.8) is 0 Å². The summed E-state index contributed by atoms with van der Waals surface area (Å²) in [6, 6.07) is 2.06. The Hall–Kier alpha value is -2.23. The Balaban J connectivity index is 1.82. The second-order valence-electron chi connectivity index (χ2n) is 6.41. The Kier molecular flexibility index (Phi) is 4.63. The van der Waals surface area contributed by atoms with E-state index in [2.05, 4.69) is 0 Å². The topological polar surface area (TPSA) is 60.9 Å². The van der Waals surface area contributed by atoms with Crippen molar-refractivity contribution in [2.75, 3.05) is 24.5 Å². The molecule has 0 aromatic heterocycles. The molecule has 142 valence electrons. The molecule has 0 saturated carbocycles. The summed E-state index contributed by atoms with van der Waals surface area (Å²) in [5, 5.41) is 9.06. The van der Waals surface area contributed by atoms with Gasteiger partial charge in [0.15, 0.2) is 0 Å². The van der Waals surface area contributed by atoms with E-state index in [4.69, 9.17) is 5.11 Å². The Labute approximate surface area is 145 Å². The van der Waals surface area contributed by atoms with E-state index in [0.29, 0.717) is 0 Å². The molecule has 2 aliphatic rings. The number of halogens is 5. The van der Waals surface area contributed by atoms with Crippen molar-refractivity contribution in [2.45, 2.75) is 18.6 Å². The summed E-state index contributed by atoms with van der Waals surface area (Å²) < 4.78 is 67.1. The van der Waals surface area contributed by atoms with Crippen LogP contribution in [0.5, 0.6) is 0 Å². The summed E-state index contributed by atoms with van der Waals surface area (Å²) in [6.07, 6.45) is -4.65. The van der Waals surface area contributed by atoms with E-state index in [9.17, 15) is 31.5 Å². The minimum Gasteiger partial charge on any atom is -0.481 e. The number of rotatable bonds is 3. The van der Waals surface area contributed by atoms with Gasteiger partial charge in [-0.15, -0.1) is 0 Å². The minimum atomic E-state index is -4.71. The molecule has 1 aromatic carbocycles. The number of amides is 1. The van der Waals surface area contributed by atoms with Crippen LogP contribution in [0.25, 0.3) is 0 Å². The standard InChI is InChI=1S/C16H15F5N2O3/c17-10-2-1-3-11(18)13(10)23-5-4-12(14(23)24)22-6-8(15(25)26)9(7-22)16(19,20)21/h1-3,8-9,12H,4-7H2,(H,25,26)/t8-,9-,12?/m1/s1. The van der Waals surface area contributed by atoms with Crippen molar-refractivity contribution >= 4 is 17.6 Å². The largest absolute Gasteiger partial charge is 0.481 e. The lowest BCUT2D eigenvalue weighted by molar-refractivity contribution is -0.188. The van der Waals surface area contributed by atoms with Crippen molar-refractivity contribution in [3.8, 4) is 0 Å². The zero-order valence-electron chi connectivity index (χ0n) is 13.3. The van der Waals surface area contributed by atoms with Crippen molar-refractivity contribution in [1.29, 1.82) is 0 Å². The summed E-state index contributed by atoms with van der Waals surface area (Å²) in [6.45, 7) is -1.14. The van der Waals surface area contributed by atoms with Gasteiger partial charge in [0.2, 0.25) is 5.91 Å². The highest BCUT2D eigenvalue weighted by Crippen LogP contribution is 2.40. The number of hydrogen-bond acceptors (Lipinski definition) is 3. The number of nitrogens with zero attached hydrogens (tertiary/aromatic N) is 2. The van der Waals surface area contributed by atoms with Crippen LogP contribution < -0.4 is 4.90 Å². The normalized spacial score (nSPS) is 27.3. The average molecular weight is 378 g/mol. The molecule has 0 spiro atoms. The zero-order valence-corrected chi connectivity index (χ0v) is 13.3. The minimum absolute atomic E-state index is 0.0591. The monoisotopic (exact) mass is 378 g/mol. The van der Waals surface area contributed by atoms with E-state index in [1.807, 2.05) is 0 Å². The summed E-state index contributed by atoms with van der Waals surface area (Å²) in [4.78, 5) is 25.7. The van der Waals surface area contributed by atoms with Gasteiger partial charge in [-0.3, -0.25) is 14.5 Å². The van der Waals surface area contributed by atoms with Gasteiger partial charge in [-0.25, -0.2) is 8.78 Å². The smallest absolute Gasteiger partial charge is 0.393 e. The number of likely N-dealkylation sites (tertiary alicyclic amines) is 1. The molecule has 10 heteroatoms. The first-order chi connectivity index (χ1) is 12.1. The summed E-state index contributed by atoms with van der Waals surface area (Å²) >= 11 is 0. The molecule has 0 bridgehead atoms. The molecule has 5 nitrogen and oxygen atoms in total. The number of anilines is 1. The maximum atomic E-state index is 13.9. The van der Waals surface area contributed by atoms with Gasteiger partial charge in [-0.2, -0.15) is 13.2 Å². The van der Waals surface area contributed by atoms with E-state index >= 15 is 0 Å². The van der Waals surface area contributed by atoms with Gasteiger partial charge in [-0.05, 0) is 18.6 Å². The summed E-state index contributed by atoms with van der Waals surface area (Å²) in [5.74, 6) is -7.98. The van der Waals surface area contributed by atoms with Gasteiger partial charge in [0.25, 0.3) is 0 Å². The Morgan fingerprint density at radius 1 is 1.15 bits per heavy atom. The number of hydrogen-bond donors (Lipinski definition) is 1. The number of carbonyl (C=O) groups excluding carboxylic acids is 1. The molecule has 0 aliphatic carbocycles. The second kappa shape index (κ2) is 6.49. The maximum absolute atomic E-state index is 13.9. The molecular formula is C16H15F5N2O3. The van der Waals surface area contributed by atoms with Gasteiger partial charge >= 0.3 is 12.1 Å². The highest BCUT2D eigenvalue weighted by atomic mass is 19.4. The van der Waals surface area contributed by atoms with Crippen molar-refractivity contribution in [1.82, 2.24) is 4.90 Å². The van der Waals surface area contributed by atoms with Crippen LogP contribution in [0.3, 0.4) is 0 Å². The van der Waals surface area contributed by atoms with E-state index in [0.717, 1.165) is 28.0 Å². The molecule has 0 radical (unpaired) electrons. The van der Waals surface area contributed by atoms with Crippen LogP contribution in [0, 0.1) is 23.5 Å². The average Bonchev–Trinajstić information content (AvgIpc) is 3.11. The van der Waals surface area contributed by atoms with Crippen LogP contribution in [0.15, 0.2) is 18.2 Å². The molecule has 1 aromatic rings. The first kappa shape index (κ1) is 18.6.